The maximum atomic E-state index is 5.82. The van der Waals surface area contributed by atoms with Crippen molar-refractivity contribution in [1.29, 1.82) is 0 Å². The first kappa shape index (κ1) is 12.5. The van der Waals surface area contributed by atoms with Crippen LogP contribution in [0.1, 0.15) is 11.6 Å². The molecule has 0 saturated carbocycles. The van der Waals surface area contributed by atoms with Crippen LogP contribution in [0.15, 0.2) is 12.4 Å². The maximum absolute atomic E-state index is 5.82. The normalized spacial score (nSPS) is 20.6. The minimum absolute atomic E-state index is 0.159. The standard InChI is InChI=1S/C11H22N6/c1-15-3-5-17(6-4-15)14-11(7-12)10-8-13-16(2)9-10/h8-9,11,14H,3-7,12H2,1-2H3. The van der Waals surface area contributed by atoms with E-state index < -0.39 is 0 Å². The summed E-state index contributed by atoms with van der Waals surface area (Å²) in [4.78, 5) is 2.33. The van der Waals surface area contributed by atoms with Gasteiger partial charge in [-0.25, -0.2) is 10.4 Å². The summed E-state index contributed by atoms with van der Waals surface area (Å²) >= 11 is 0. The third kappa shape index (κ3) is 3.26. The average molecular weight is 238 g/mol. The fraction of sp³-hybridized carbons (Fsp3) is 0.727. The molecule has 1 saturated heterocycles. The Bertz CT molecular complexity index is 341. The van der Waals surface area contributed by atoms with Crippen LogP contribution < -0.4 is 11.2 Å². The van der Waals surface area contributed by atoms with Crippen LogP contribution in [0, 0.1) is 0 Å². The Balaban J connectivity index is 1.91. The van der Waals surface area contributed by atoms with Crippen molar-refractivity contribution < 1.29 is 0 Å². The molecule has 0 aliphatic carbocycles. The van der Waals surface area contributed by atoms with Gasteiger partial charge in [-0.2, -0.15) is 5.10 Å². The highest BCUT2D eigenvalue weighted by atomic mass is 15.5. The number of hydrogen-bond acceptors (Lipinski definition) is 5. The Labute approximate surface area is 102 Å². The molecular formula is C11H22N6. The molecular weight excluding hydrogens is 216 g/mol. The van der Waals surface area contributed by atoms with Crippen molar-refractivity contribution in [2.45, 2.75) is 6.04 Å². The first-order valence-corrected chi connectivity index (χ1v) is 6.07. The van der Waals surface area contributed by atoms with E-state index in [-0.39, 0.29) is 6.04 Å². The molecule has 1 aromatic heterocycles. The number of nitrogens with one attached hydrogen (secondary N) is 1. The Hall–Kier alpha value is -0.950. The van der Waals surface area contributed by atoms with Gasteiger partial charge in [0.2, 0.25) is 0 Å². The fourth-order valence-electron chi connectivity index (χ4n) is 2.04. The zero-order chi connectivity index (χ0) is 12.3. The number of aromatic nitrogens is 2. The number of likely N-dealkylation sites (N-methyl/N-ethyl adjacent to an activating group) is 1. The van der Waals surface area contributed by atoms with Gasteiger partial charge in [0.05, 0.1) is 12.2 Å². The minimum atomic E-state index is 0.159. The quantitative estimate of drug-likeness (QED) is 0.717. The molecule has 6 heteroatoms. The van der Waals surface area contributed by atoms with Crippen LogP contribution in [0.2, 0.25) is 0 Å². The minimum Gasteiger partial charge on any atom is -0.329 e. The summed E-state index contributed by atoms with van der Waals surface area (Å²) < 4.78 is 1.81. The van der Waals surface area contributed by atoms with Gasteiger partial charge in [0.25, 0.3) is 0 Å². The van der Waals surface area contributed by atoms with Crippen LogP contribution in [0.5, 0.6) is 0 Å². The molecule has 3 N–H and O–H groups in total. The predicted molar refractivity (Wildman–Crippen MR) is 67.2 cm³/mol. The van der Waals surface area contributed by atoms with Crippen molar-refractivity contribution in [3.8, 4) is 0 Å². The number of hydrogen-bond donors (Lipinski definition) is 2. The molecule has 0 aromatic carbocycles. The van der Waals surface area contributed by atoms with Gasteiger partial charge >= 0.3 is 0 Å². The molecule has 2 heterocycles. The van der Waals surface area contributed by atoms with Gasteiger partial charge in [-0.15, -0.1) is 0 Å². The third-order valence-corrected chi connectivity index (χ3v) is 3.20. The molecule has 1 aliphatic rings. The first-order chi connectivity index (χ1) is 8.19. The number of aryl methyl sites for hydroxylation is 1. The van der Waals surface area contributed by atoms with E-state index in [9.17, 15) is 0 Å². The van der Waals surface area contributed by atoms with E-state index in [0.29, 0.717) is 6.54 Å². The SMILES string of the molecule is CN1CCN(NC(CN)c2cnn(C)c2)CC1. The Morgan fingerprint density at radius 1 is 1.35 bits per heavy atom. The zero-order valence-electron chi connectivity index (χ0n) is 10.6. The molecule has 0 radical (unpaired) electrons. The van der Waals surface area contributed by atoms with Gasteiger partial charge in [-0.1, -0.05) is 0 Å². The lowest BCUT2D eigenvalue weighted by atomic mass is 10.2. The summed E-state index contributed by atoms with van der Waals surface area (Å²) in [6, 6.07) is 0.159. The summed E-state index contributed by atoms with van der Waals surface area (Å²) in [6.45, 7) is 4.84. The third-order valence-electron chi connectivity index (χ3n) is 3.20. The van der Waals surface area contributed by atoms with E-state index in [0.717, 1.165) is 31.7 Å². The lowest BCUT2D eigenvalue weighted by Gasteiger charge is -2.35. The van der Waals surface area contributed by atoms with Crippen molar-refractivity contribution in [3.63, 3.8) is 0 Å². The number of nitrogens with zero attached hydrogens (tertiary/aromatic N) is 4. The summed E-state index contributed by atoms with van der Waals surface area (Å²) in [7, 11) is 4.08. The van der Waals surface area contributed by atoms with Crippen LogP contribution in [-0.2, 0) is 7.05 Å². The fourth-order valence-corrected chi connectivity index (χ4v) is 2.04. The van der Waals surface area contributed by atoms with Crippen LogP contribution in [-0.4, -0.2) is 59.5 Å². The largest absolute Gasteiger partial charge is 0.329 e. The van der Waals surface area contributed by atoms with E-state index in [1.165, 1.54) is 0 Å². The van der Waals surface area contributed by atoms with Crippen molar-refractivity contribution in [2.24, 2.45) is 12.8 Å². The first-order valence-electron chi connectivity index (χ1n) is 6.07. The molecule has 1 atom stereocenters. The molecule has 1 unspecified atom stereocenters. The molecule has 96 valence electrons. The summed E-state index contributed by atoms with van der Waals surface area (Å²) in [5, 5.41) is 6.44. The Kier molecular flexibility index (Phi) is 4.11. The highest BCUT2D eigenvalue weighted by Crippen LogP contribution is 2.11. The summed E-state index contributed by atoms with van der Waals surface area (Å²) in [5.41, 5.74) is 10.5. The predicted octanol–water partition coefficient (Wildman–Crippen LogP) is -0.828. The van der Waals surface area contributed by atoms with Gasteiger partial charge < -0.3 is 10.6 Å². The van der Waals surface area contributed by atoms with Gasteiger partial charge in [-0.05, 0) is 7.05 Å². The van der Waals surface area contributed by atoms with Gasteiger partial charge in [0.1, 0.15) is 0 Å². The highest BCUT2D eigenvalue weighted by molar-refractivity contribution is 5.10. The highest BCUT2D eigenvalue weighted by Gasteiger charge is 2.18. The number of nitrogens with two attached hydrogens (primary N) is 1. The van der Waals surface area contributed by atoms with E-state index in [1.54, 1.807) is 0 Å². The van der Waals surface area contributed by atoms with Crippen molar-refractivity contribution in [1.82, 2.24) is 25.1 Å². The van der Waals surface area contributed by atoms with Crippen LogP contribution in [0.4, 0.5) is 0 Å². The van der Waals surface area contributed by atoms with Crippen LogP contribution in [0.25, 0.3) is 0 Å². The Morgan fingerprint density at radius 2 is 2.06 bits per heavy atom. The van der Waals surface area contributed by atoms with Crippen LogP contribution in [0.3, 0.4) is 0 Å². The molecule has 0 amide bonds. The second-order valence-corrected chi connectivity index (χ2v) is 4.66. The smallest absolute Gasteiger partial charge is 0.0617 e. The topological polar surface area (TPSA) is 62.4 Å². The Morgan fingerprint density at radius 3 is 2.59 bits per heavy atom. The molecule has 0 bridgehead atoms. The molecule has 2 rings (SSSR count). The van der Waals surface area contributed by atoms with Gasteiger partial charge in [-0.3, -0.25) is 4.68 Å². The van der Waals surface area contributed by atoms with Gasteiger partial charge in [0.15, 0.2) is 0 Å². The summed E-state index contributed by atoms with van der Waals surface area (Å²) in [5.74, 6) is 0. The molecule has 6 nitrogen and oxygen atoms in total. The van der Waals surface area contributed by atoms with Crippen molar-refractivity contribution >= 4 is 0 Å². The molecule has 1 fully saturated rings. The second-order valence-electron chi connectivity index (χ2n) is 4.66. The lowest BCUT2D eigenvalue weighted by molar-refractivity contribution is 0.0880. The van der Waals surface area contributed by atoms with Crippen molar-refractivity contribution in [3.05, 3.63) is 18.0 Å². The van der Waals surface area contributed by atoms with E-state index in [1.807, 2.05) is 24.1 Å². The number of hydrazine groups is 1. The van der Waals surface area contributed by atoms with Crippen molar-refractivity contribution in [2.75, 3.05) is 39.8 Å². The van der Waals surface area contributed by atoms with Crippen LogP contribution >= 0.6 is 0 Å². The summed E-state index contributed by atoms with van der Waals surface area (Å²) in [6.07, 6.45) is 3.89. The molecule has 17 heavy (non-hydrogen) atoms. The number of rotatable bonds is 4. The molecule has 1 aliphatic heterocycles. The second kappa shape index (κ2) is 5.59. The van der Waals surface area contributed by atoms with E-state index >= 15 is 0 Å². The van der Waals surface area contributed by atoms with E-state index in [2.05, 4.69) is 27.5 Å². The van der Waals surface area contributed by atoms with Gasteiger partial charge in [0, 0.05) is 51.5 Å². The van der Waals surface area contributed by atoms with E-state index in [4.69, 9.17) is 5.73 Å². The zero-order valence-corrected chi connectivity index (χ0v) is 10.6. The molecule has 0 spiro atoms. The monoisotopic (exact) mass is 238 g/mol. The molecule has 1 aromatic rings. The average Bonchev–Trinajstić information content (AvgIpc) is 2.75. The lowest BCUT2D eigenvalue weighted by Crippen LogP contribution is -2.52. The maximum Gasteiger partial charge on any atom is 0.0617 e. The number of piperazine rings is 1.